The van der Waals surface area contributed by atoms with Crippen molar-refractivity contribution in [2.45, 2.75) is 20.3 Å². The highest BCUT2D eigenvalue weighted by Crippen LogP contribution is 2.25. The Morgan fingerprint density at radius 3 is 2.89 bits per heavy atom. The summed E-state index contributed by atoms with van der Waals surface area (Å²) in [4.78, 5) is 24.8. The minimum Gasteiger partial charge on any atom is -0.356 e. The molecular formula is C12H14ClN3O3. The van der Waals surface area contributed by atoms with Gasteiger partial charge in [-0.05, 0) is 13.3 Å². The van der Waals surface area contributed by atoms with Crippen LogP contribution in [0.15, 0.2) is 12.1 Å². The molecule has 7 heteroatoms. The second-order valence-corrected chi connectivity index (χ2v) is 4.26. The zero-order valence-corrected chi connectivity index (χ0v) is 11.4. The van der Waals surface area contributed by atoms with Gasteiger partial charge in [0, 0.05) is 30.8 Å². The number of aryl methyl sites for hydroxylation is 1. The van der Waals surface area contributed by atoms with E-state index in [0.29, 0.717) is 24.2 Å². The molecule has 0 saturated carbocycles. The zero-order valence-electron chi connectivity index (χ0n) is 10.6. The van der Waals surface area contributed by atoms with Crippen molar-refractivity contribution in [3.63, 3.8) is 0 Å². The molecule has 1 aromatic rings. The van der Waals surface area contributed by atoms with E-state index < -0.39 is 4.92 Å². The Morgan fingerprint density at radius 1 is 1.63 bits per heavy atom. The molecule has 1 N–H and O–H groups in total. The van der Waals surface area contributed by atoms with Gasteiger partial charge >= 0.3 is 5.69 Å². The summed E-state index contributed by atoms with van der Waals surface area (Å²) in [7, 11) is 0. The SMILES string of the molecule is CC(=O)NCCC=Cc1cc([N+](=O)[O-])c(Cl)nc1C. The molecule has 0 aliphatic carbocycles. The predicted octanol–water partition coefficient (Wildman–Crippen LogP) is 2.49. The zero-order chi connectivity index (χ0) is 14.4. The maximum absolute atomic E-state index is 10.7. The fraction of sp³-hybridized carbons (Fsp3) is 0.333. The second-order valence-electron chi connectivity index (χ2n) is 3.90. The lowest BCUT2D eigenvalue weighted by atomic mass is 10.1. The quantitative estimate of drug-likeness (QED) is 0.389. The van der Waals surface area contributed by atoms with Crippen molar-refractivity contribution >= 4 is 29.3 Å². The van der Waals surface area contributed by atoms with Gasteiger partial charge in [0.2, 0.25) is 11.1 Å². The number of nitro groups is 1. The molecule has 0 spiro atoms. The van der Waals surface area contributed by atoms with Gasteiger partial charge in [-0.15, -0.1) is 0 Å². The van der Waals surface area contributed by atoms with Gasteiger partial charge in [-0.25, -0.2) is 4.98 Å². The summed E-state index contributed by atoms with van der Waals surface area (Å²) in [6, 6.07) is 1.39. The Kier molecular flexibility index (Phi) is 5.44. The number of hydrogen-bond acceptors (Lipinski definition) is 4. The molecule has 19 heavy (non-hydrogen) atoms. The van der Waals surface area contributed by atoms with Crippen molar-refractivity contribution in [1.82, 2.24) is 10.3 Å². The largest absolute Gasteiger partial charge is 0.356 e. The van der Waals surface area contributed by atoms with E-state index in [1.807, 2.05) is 6.08 Å². The lowest BCUT2D eigenvalue weighted by molar-refractivity contribution is -0.385. The smallest absolute Gasteiger partial charge is 0.307 e. The summed E-state index contributed by atoms with van der Waals surface area (Å²) in [5.74, 6) is -0.0895. The molecule has 0 bridgehead atoms. The van der Waals surface area contributed by atoms with Gasteiger partial charge in [0.15, 0.2) is 0 Å². The molecule has 1 amide bonds. The highest BCUT2D eigenvalue weighted by molar-refractivity contribution is 6.31. The summed E-state index contributed by atoms with van der Waals surface area (Å²) in [6.07, 6.45) is 4.18. The second kappa shape index (κ2) is 6.84. The van der Waals surface area contributed by atoms with Gasteiger partial charge in [-0.2, -0.15) is 0 Å². The van der Waals surface area contributed by atoms with Crippen LogP contribution in [0, 0.1) is 17.0 Å². The lowest BCUT2D eigenvalue weighted by Gasteiger charge is -2.02. The van der Waals surface area contributed by atoms with E-state index in [9.17, 15) is 14.9 Å². The van der Waals surface area contributed by atoms with Crippen molar-refractivity contribution in [1.29, 1.82) is 0 Å². The first-order valence-corrected chi connectivity index (χ1v) is 6.02. The minimum absolute atomic E-state index is 0.0895. The van der Waals surface area contributed by atoms with Crippen molar-refractivity contribution < 1.29 is 9.72 Å². The van der Waals surface area contributed by atoms with Crippen LogP contribution in [0.4, 0.5) is 5.69 Å². The number of rotatable bonds is 5. The maximum Gasteiger partial charge on any atom is 0.307 e. The molecule has 0 radical (unpaired) electrons. The first-order chi connectivity index (χ1) is 8.91. The fourth-order valence-electron chi connectivity index (χ4n) is 1.42. The topological polar surface area (TPSA) is 85.1 Å². The van der Waals surface area contributed by atoms with E-state index >= 15 is 0 Å². The molecular weight excluding hydrogens is 270 g/mol. The predicted molar refractivity (Wildman–Crippen MR) is 73.0 cm³/mol. The number of hydrogen-bond donors (Lipinski definition) is 1. The third-order valence-corrected chi connectivity index (χ3v) is 2.64. The number of aromatic nitrogens is 1. The highest BCUT2D eigenvalue weighted by atomic mass is 35.5. The van der Waals surface area contributed by atoms with Crippen LogP contribution in [-0.2, 0) is 4.79 Å². The fourth-order valence-corrected chi connectivity index (χ4v) is 1.67. The van der Waals surface area contributed by atoms with Crippen LogP contribution in [0.2, 0.25) is 5.15 Å². The molecule has 1 rings (SSSR count). The van der Waals surface area contributed by atoms with Gasteiger partial charge in [-0.1, -0.05) is 23.8 Å². The van der Waals surface area contributed by atoms with Crippen LogP contribution < -0.4 is 5.32 Å². The Morgan fingerprint density at radius 2 is 2.32 bits per heavy atom. The van der Waals surface area contributed by atoms with Crippen LogP contribution in [0.3, 0.4) is 0 Å². The first kappa shape index (κ1) is 15.1. The minimum atomic E-state index is -0.566. The summed E-state index contributed by atoms with van der Waals surface area (Å²) >= 11 is 5.69. The molecule has 0 atom stereocenters. The van der Waals surface area contributed by atoms with Crippen LogP contribution in [0.1, 0.15) is 24.6 Å². The molecule has 0 aliphatic rings. The average Bonchev–Trinajstić information content (AvgIpc) is 2.30. The normalized spacial score (nSPS) is 10.7. The molecule has 0 unspecified atom stereocenters. The molecule has 6 nitrogen and oxygen atoms in total. The Labute approximate surface area is 115 Å². The van der Waals surface area contributed by atoms with E-state index in [0.717, 1.165) is 0 Å². The summed E-state index contributed by atoms with van der Waals surface area (Å²) < 4.78 is 0. The Bertz CT molecular complexity index is 529. The molecule has 0 fully saturated rings. The number of nitrogens with zero attached hydrogens (tertiary/aromatic N) is 2. The third-order valence-electron chi connectivity index (χ3n) is 2.37. The van der Waals surface area contributed by atoms with Crippen molar-refractivity contribution in [2.24, 2.45) is 0 Å². The summed E-state index contributed by atoms with van der Waals surface area (Å²) in [5, 5.41) is 13.3. The van der Waals surface area contributed by atoms with E-state index in [1.54, 1.807) is 13.0 Å². The van der Waals surface area contributed by atoms with Gasteiger partial charge in [0.1, 0.15) is 0 Å². The number of pyridine rings is 1. The van der Waals surface area contributed by atoms with Crippen LogP contribution in [-0.4, -0.2) is 22.4 Å². The highest BCUT2D eigenvalue weighted by Gasteiger charge is 2.15. The average molecular weight is 284 g/mol. The third kappa shape index (κ3) is 4.67. The maximum atomic E-state index is 10.7. The molecule has 0 saturated heterocycles. The number of amides is 1. The van der Waals surface area contributed by atoms with E-state index in [-0.39, 0.29) is 16.7 Å². The van der Waals surface area contributed by atoms with Gasteiger partial charge in [0.25, 0.3) is 0 Å². The van der Waals surface area contributed by atoms with Crippen molar-refractivity contribution in [3.05, 3.63) is 38.7 Å². The number of carbonyl (C=O) groups is 1. The van der Waals surface area contributed by atoms with E-state index in [4.69, 9.17) is 11.6 Å². The van der Waals surface area contributed by atoms with Gasteiger partial charge in [-0.3, -0.25) is 14.9 Å². The van der Waals surface area contributed by atoms with Crippen LogP contribution in [0.25, 0.3) is 6.08 Å². The molecule has 0 aromatic carbocycles. The number of nitrogens with one attached hydrogen (secondary N) is 1. The first-order valence-electron chi connectivity index (χ1n) is 5.64. The Hall–Kier alpha value is -1.95. The molecule has 1 heterocycles. The van der Waals surface area contributed by atoms with Gasteiger partial charge < -0.3 is 5.32 Å². The molecule has 0 aliphatic heterocycles. The number of halogens is 1. The summed E-state index contributed by atoms with van der Waals surface area (Å²) in [6.45, 7) is 3.69. The van der Waals surface area contributed by atoms with Gasteiger partial charge in [0.05, 0.1) is 4.92 Å². The molecule has 102 valence electrons. The van der Waals surface area contributed by atoms with E-state index in [2.05, 4.69) is 10.3 Å². The number of carbonyl (C=O) groups excluding carboxylic acids is 1. The van der Waals surface area contributed by atoms with Crippen molar-refractivity contribution in [3.8, 4) is 0 Å². The standard InChI is InChI=1S/C12H14ClN3O3/c1-8-10(5-3-4-6-14-9(2)17)7-11(16(18)19)12(13)15-8/h3,5,7H,4,6H2,1-2H3,(H,14,17). The summed E-state index contributed by atoms with van der Waals surface area (Å²) in [5.41, 5.74) is 1.04. The van der Waals surface area contributed by atoms with Crippen LogP contribution in [0.5, 0.6) is 0 Å². The van der Waals surface area contributed by atoms with E-state index in [1.165, 1.54) is 13.0 Å². The monoisotopic (exact) mass is 283 g/mol. The van der Waals surface area contributed by atoms with Crippen LogP contribution >= 0.6 is 11.6 Å². The Balaban J connectivity index is 2.77. The van der Waals surface area contributed by atoms with Crippen molar-refractivity contribution in [2.75, 3.05) is 6.54 Å². The lowest BCUT2D eigenvalue weighted by Crippen LogP contribution is -2.20. The molecule has 1 aromatic heterocycles.